The zero-order valence-corrected chi connectivity index (χ0v) is 9.57. The average molecular weight is 326 g/mol. The van der Waals surface area contributed by atoms with E-state index in [-0.39, 0.29) is 0 Å². The van der Waals surface area contributed by atoms with Gasteiger partial charge < -0.3 is 9.79 Å². The van der Waals surface area contributed by atoms with Gasteiger partial charge in [-0.3, -0.25) is 4.52 Å². The van der Waals surface area contributed by atoms with E-state index in [1.54, 1.807) is 0 Å². The van der Waals surface area contributed by atoms with Crippen LogP contribution in [-0.2, 0) is 9.09 Å². The van der Waals surface area contributed by atoms with Crippen LogP contribution in [0.5, 0.6) is 0 Å². The standard InChI is InChI=1S/C6H7F8O4P/c7-4(8,2-6(12,13)14)3(1-5(9,10)11)18-19(15,16)17/h3H,1-2H2,(H2,15,16,17). The Kier molecular flexibility index (Phi) is 5.37. The molecule has 1 unspecified atom stereocenters. The van der Waals surface area contributed by atoms with Gasteiger partial charge >= 0.3 is 20.2 Å². The maximum absolute atomic E-state index is 13.0. The first kappa shape index (κ1) is 18.6. The summed E-state index contributed by atoms with van der Waals surface area (Å²) in [6.45, 7) is 0. The minimum absolute atomic E-state index is 2.64. The van der Waals surface area contributed by atoms with Crippen LogP contribution in [0.2, 0.25) is 0 Å². The third kappa shape index (κ3) is 9.14. The van der Waals surface area contributed by atoms with Crippen molar-refractivity contribution in [2.75, 3.05) is 0 Å². The highest BCUT2D eigenvalue weighted by molar-refractivity contribution is 7.46. The molecule has 2 N–H and O–H groups in total. The van der Waals surface area contributed by atoms with Crippen molar-refractivity contribution in [3.63, 3.8) is 0 Å². The summed E-state index contributed by atoms with van der Waals surface area (Å²) in [5.74, 6) is -5.14. The first-order valence-electron chi connectivity index (χ1n) is 4.27. The summed E-state index contributed by atoms with van der Waals surface area (Å²) in [5.41, 5.74) is 0. The molecule has 0 aromatic heterocycles. The number of hydrogen-bond acceptors (Lipinski definition) is 2. The molecule has 0 aliphatic heterocycles. The lowest BCUT2D eigenvalue weighted by atomic mass is 10.1. The maximum Gasteiger partial charge on any atom is 0.470 e. The summed E-state index contributed by atoms with van der Waals surface area (Å²) in [6.07, 6.45) is -20.2. The summed E-state index contributed by atoms with van der Waals surface area (Å²) in [5, 5.41) is 0. The van der Waals surface area contributed by atoms with Gasteiger partial charge in [-0.25, -0.2) is 13.3 Å². The van der Waals surface area contributed by atoms with Crippen molar-refractivity contribution in [1.82, 2.24) is 0 Å². The monoisotopic (exact) mass is 326 g/mol. The topological polar surface area (TPSA) is 66.8 Å². The second-order valence-corrected chi connectivity index (χ2v) is 4.65. The molecular weight excluding hydrogens is 319 g/mol. The molecule has 0 radical (unpaired) electrons. The number of hydrogen-bond donors (Lipinski definition) is 2. The van der Waals surface area contributed by atoms with Gasteiger partial charge in [0.25, 0.3) is 5.92 Å². The Morgan fingerprint density at radius 3 is 1.63 bits per heavy atom. The van der Waals surface area contributed by atoms with E-state index in [0.717, 1.165) is 0 Å². The Bertz CT molecular complexity index is 344. The van der Waals surface area contributed by atoms with Crippen LogP contribution in [0.25, 0.3) is 0 Å². The Hall–Kier alpha value is -0.450. The van der Waals surface area contributed by atoms with Gasteiger partial charge in [-0.15, -0.1) is 0 Å². The number of alkyl halides is 8. The summed E-state index contributed by atoms with van der Waals surface area (Å²) in [4.78, 5) is 16.3. The summed E-state index contributed by atoms with van der Waals surface area (Å²) in [6, 6.07) is 0. The Labute approximate surface area is 100 Å². The number of phosphoric ester groups is 1. The normalized spacial score (nSPS) is 16.5. The molecule has 0 spiro atoms. The van der Waals surface area contributed by atoms with E-state index in [1.807, 2.05) is 0 Å². The second kappa shape index (κ2) is 5.51. The minimum atomic E-state index is -5.82. The molecule has 0 aromatic carbocycles. The van der Waals surface area contributed by atoms with E-state index in [0.29, 0.717) is 0 Å². The van der Waals surface area contributed by atoms with Gasteiger partial charge in [-0.2, -0.15) is 26.3 Å². The quantitative estimate of drug-likeness (QED) is 0.602. The second-order valence-electron chi connectivity index (χ2n) is 3.46. The van der Waals surface area contributed by atoms with Crippen LogP contribution in [-0.4, -0.2) is 34.2 Å². The molecule has 13 heteroatoms. The number of rotatable bonds is 5. The summed E-state index contributed by atoms with van der Waals surface area (Å²) < 4.78 is 110. The van der Waals surface area contributed by atoms with E-state index in [1.165, 1.54) is 0 Å². The van der Waals surface area contributed by atoms with Crippen LogP contribution in [0.4, 0.5) is 35.1 Å². The SMILES string of the molecule is O=P(O)(O)OC(CC(F)(F)F)C(F)(F)CC(F)(F)F. The fourth-order valence-corrected chi connectivity index (χ4v) is 1.58. The van der Waals surface area contributed by atoms with Gasteiger partial charge in [0.1, 0.15) is 12.5 Å². The first-order valence-corrected chi connectivity index (χ1v) is 5.80. The van der Waals surface area contributed by atoms with Gasteiger partial charge in [-0.1, -0.05) is 0 Å². The Morgan fingerprint density at radius 2 is 1.37 bits per heavy atom. The molecule has 0 aromatic rings. The molecule has 0 rings (SSSR count). The zero-order valence-electron chi connectivity index (χ0n) is 8.67. The van der Waals surface area contributed by atoms with E-state index in [2.05, 4.69) is 4.52 Å². The van der Waals surface area contributed by atoms with Crippen molar-refractivity contribution in [1.29, 1.82) is 0 Å². The van der Waals surface area contributed by atoms with E-state index < -0.39 is 45.0 Å². The van der Waals surface area contributed by atoms with Gasteiger partial charge in [0.15, 0.2) is 0 Å². The molecule has 0 aliphatic carbocycles. The molecule has 4 nitrogen and oxygen atoms in total. The first-order chi connectivity index (χ1) is 8.02. The van der Waals surface area contributed by atoms with Crippen molar-refractivity contribution in [2.45, 2.75) is 37.2 Å². The highest BCUT2D eigenvalue weighted by Crippen LogP contribution is 2.47. The third-order valence-corrected chi connectivity index (χ3v) is 2.12. The average Bonchev–Trinajstić information content (AvgIpc) is 1.91. The van der Waals surface area contributed by atoms with Crippen LogP contribution in [0.1, 0.15) is 12.8 Å². The predicted octanol–water partition coefficient (Wildman–Crippen LogP) is 3.00. The lowest BCUT2D eigenvalue weighted by molar-refractivity contribution is -0.234. The van der Waals surface area contributed by atoms with Crippen LogP contribution in [0, 0.1) is 0 Å². The van der Waals surface area contributed by atoms with Crippen molar-refractivity contribution in [2.24, 2.45) is 0 Å². The van der Waals surface area contributed by atoms with Crippen LogP contribution in [0.3, 0.4) is 0 Å². The molecule has 0 heterocycles. The smallest absolute Gasteiger partial charge is 0.303 e. The highest BCUT2D eigenvalue weighted by atomic mass is 31.2. The van der Waals surface area contributed by atoms with Gasteiger partial charge in [0, 0.05) is 0 Å². The maximum atomic E-state index is 13.0. The van der Waals surface area contributed by atoms with Crippen LogP contribution >= 0.6 is 7.82 Å². The summed E-state index contributed by atoms with van der Waals surface area (Å²) >= 11 is 0. The van der Waals surface area contributed by atoms with E-state index in [4.69, 9.17) is 9.79 Å². The molecule has 0 aliphatic rings. The van der Waals surface area contributed by atoms with Gasteiger partial charge in [-0.05, 0) is 0 Å². The van der Waals surface area contributed by atoms with Crippen molar-refractivity contribution >= 4 is 7.82 Å². The lowest BCUT2D eigenvalue weighted by Crippen LogP contribution is -2.42. The van der Waals surface area contributed by atoms with E-state index in [9.17, 15) is 39.7 Å². The van der Waals surface area contributed by atoms with Crippen molar-refractivity contribution < 1.29 is 54.0 Å². The van der Waals surface area contributed by atoms with Crippen molar-refractivity contribution in [3.8, 4) is 0 Å². The van der Waals surface area contributed by atoms with Gasteiger partial charge in [0.05, 0.1) is 6.42 Å². The van der Waals surface area contributed by atoms with Crippen LogP contribution < -0.4 is 0 Å². The largest absolute Gasteiger partial charge is 0.470 e. The fraction of sp³-hybridized carbons (Fsp3) is 1.00. The molecule has 0 amide bonds. The molecule has 19 heavy (non-hydrogen) atoms. The Balaban J connectivity index is 5.16. The fourth-order valence-electron chi connectivity index (χ4n) is 1.02. The molecule has 0 saturated heterocycles. The van der Waals surface area contributed by atoms with Gasteiger partial charge in [0.2, 0.25) is 0 Å². The molecule has 1 atom stereocenters. The number of phosphoric acid groups is 1. The Morgan fingerprint density at radius 1 is 0.947 bits per heavy atom. The molecule has 0 saturated carbocycles. The minimum Gasteiger partial charge on any atom is -0.303 e. The third-order valence-electron chi connectivity index (χ3n) is 1.59. The van der Waals surface area contributed by atoms with Crippen molar-refractivity contribution in [3.05, 3.63) is 0 Å². The van der Waals surface area contributed by atoms with Crippen LogP contribution in [0.15, 0.2) is 0 Å². The summed E-state index contributed by atoms with van der Waals surface area (Å²) in [7, 11) is -5.82. The predicted molar refractivity (Wildman–Crippen MR) is 43.2 cm³/mol. The van der Waals surface area contributed by atoms with E-state index >= 15 is 0 Å². The molecule has 116 valence electrons. The number of halogens is 8. The molecular formula is C6H7F8O4P. The highest BCUT2D eigenvalue weighted by Gasteiger charge is 2.54. The molecule has 0 fully saturated rings. The lowest BCUT2D eigenvalue weighted by Gasteiger charge is -2.28. The zero-order chi connectivity index (χ0) is 15.7. The molecule has 0 bridgehead atoms.